The van der Waals surface area contributed by atoms with E-state index >= 15 is 0 Å². The SMILES string of the molecule is CCc1cc(Cn2ncc(OCCCN)cc2=O)n(C)n1. The van der Waals surface area contributed by atoms with Crippen molar-refractivity contribution < 1.29 is 4.74 Å². The Morgan fingerprint density at radius 3 is 2.81 bits per heavy atom. The van der Waals surface area contributed by atoms with E-state index in [1.807, 2.05) is 20.0 Å². The summed E-state index contributed by atoms with van der Waals surface area (Å²) < 4.78 is 8.58. The lowest BCUT2D eigenvalue weighted by Gasteiger charge is -2.07. The molecule has 114 valence electrons. The summed E-state index contributed by atoms with van der Waals surface area (Å²) in [6.45, 7) is 3.49. The van der Waals surface area contributed by atoms with Gasteiger partial charge in [-0.05, 0) is 25.5 Å². The largest absolute Gasteiger partial charge is 0.492 e. The van der Waals surface area contributed by atoms with Crippen molar-refractivity contribution in [2.45, 2.75) is 26.3 Å². The number of nitrogens with two attached hydrogens (primary N) is 1. The van der Waals surface area contributed by atoms with Gasteiger partial charge in [0.15, 0.2) is 0 Å². The molecule has 7 nitrogen and oxygen atoms in total. The van der Waals surface area contributed by atoms with Crippen LogP contribution in [-0.4, -0.2) is 32.7 Å². The Kier molecular flexibility index (Phi) is 5.10. The molecule has 0 unspecified atom stereocenters. The molecule has 0 bridgehead atoms. The first-order chi connectivity index (χ1) is 10.1. The molecule has 0 saturated carbocycles. The van der Waals surface area contributed by atoms with E-state index in [1.54, 1.807) is 10.9 Å². The molecule has 0 fully saturated rings. The summed E-state index contributed by atoms with van der Waals surface area (Å²) in [7, 11) is 1.86. The second-order valence-electron chi connectivity index (χ2n) is 4.78. The molecule has 0 radical (unpaired) electrons. The average molecular weight is 291 g/mol. The topological polar surface area (TPSA) is 88.0 Å². The van der Waals surface area contributed by atoms with Gasteiger partial charge >= 0.3 is 0 Å². The summed E-state index contributed by atoms with van der Waals surface area (Å²) in [5.41, 5.74) is 7.14. The highest BCUT2D eigenvalue weighted by Crippen LogP contribution is 2.07. The summed E-state index contributed by atoms with van der Waals surface area (Å²) in [6, 6.07) is 3.43. The van der Waals surface area contributed by atoms with Gasteiger partial charge in [-0.15, -0.1) is 0 Å². The van der Waals surface area contributed by atoms with E-state index in [4.69, 9.17) is 10.5 Å². The minimum atomic E-state index is -0.195. The molecule has 0 atom stereocenters. The van der Waals surface area contributed by atoms with E-state index in [1.165, 1.54) is 10.7 Å². The minimum Gasteiger partial charge on any atom is -0.492 e. The summed E-state index contributed by atoms with van der Waals surface area (Å²) in [6.07, 6.45) is 3.16. The predicted molar refractivity (Wildman–Crippen MR) is 79.4 cm³/mol. The highest BCUT2D eigenvalue weighted by Gasteiger charge is 2.07. The fourth-order valence-corrected chi connectivity index (χ4v) is 1.93. The average Bonchev–Trinajstić information content (AvgIpc) is 2.82. The van der Waals surface area contributed by atoms with Crippen molar-refractivity contribution in [2.75, 3.05) is 13.2 Å². The maximum Gasteiger partial charge on any atom is 0.270 e. The number of ether oxygens (including phenoxy) is 1. The third kappa shape index (κ3) is 3.91. The van der Waals surface area contributed by atoms with Crippen molar-refractivity contribution in [1.82, 2.24) is 19.6 Å². The van der Waals surface area contributed by atoms with Gasteiger partial charge in [-0.2, -0.15) is 10.2 Å². The molecule has 7 heteroatoms. The van der Waals surface area contributed by atoms with Crippen LogP contribution >= 0.6 is 0 Å². The number of aryl methyl sites for hydroxylation is 2. The van der Waals surface area contributed by atoms with Crippen LogP contribution in [0.2, 0.25) is 0 Å². The van der Waals surface area contributed by atoms with Gasteiger partial charge in [-0.25, -0.2) is 4.68 Å². The normalized spacial score (nSPS) is 10.8. The van der Waals surface area contributed by atoms with Crippen LogP contribution in [0.4, 0.5) is 0 Å². The standard InChI is InChI=1S/C14H21N5O2/c1-3-11-7-12(18(2)17-11)10-19-14(20)8-13(9-16-19)21-6-4-5-15/h7-9H,3-6,10,15H2,1-2H3. The zero-order chi connectivity index (χ0) is 15.2. The fourth-order valence-electron chi connectivity index (χ4n) is 1.93. The molecule has 0 saturated heterocycles. The van der Waals surface area contributed by atoms with Crippen molar-refractivity contribution >= 4 is 0 Å². The van der Waals surface area contributed by atoms with Crippen molar-refractivity contribution in [3.8, 4) is 5.75 Å². The Bertz CT molecular complexity index is 647. The third-order valence-electron chi connectivity index (χ3n) is 3.16. The Hall–Kier alpha value is -2.15. The Labute approximate surface area is 123 Å². The number of hydrogen-bond acceptors (Lipinski definition) is 5. The molecule has 0 spiro atoms. The molecule has 0 aromatic carbocycles. The van der Waals surface area contributed by atoms with Crippen LogP contribution in [0.1, 0.15) is 24.7 Å². The second-order valence-corrected chi connectivity index (χ2v) is 4.78. The van der Waals surface area contributed by atoms with Crippen LogP contribution in [0.5, 0.6) is 5.75 Å². The first-order valence-electron chi connectivity index (χ1n) is 7.06. The van der Waals surface area contributed by atoms with Gasteiger partial charge in [0.1, 0.15) is 5.75 Å². The second kappa shape index (κ2) is 7.03. The first-order valence-corrected chi connectivity index (χ1v) is 7.06. The molecular formula is C14H21N5O2. The maximum absolute atomic E-state index is 12.0. The molecule has 21 heavy (non-hydrogen) atoms. The smallest absolute Gasteiger partial charge is 0.270 e. The van der Waals surface area contributed by atoms with Gasteiger partial charge in [0.05, 0.1) is 30.7 Å². The highest BCUT2D eigenvalue weighted by atomic mass is 16.5. The van der Waals surface area contributed by atoms with Crippen LogP contribution in [0.15, 0.2) is 23.1 Å². The van der Waals surface area contributed by atoms with Gasteiger partial charge in [0.2, 0.25) is 0 Å². The van der Waals surface area contributed by atoms with Crippen LogP contribution in [0.25, 0.3) is 0 Å². The summed E-state index contributed by atoms with van der Waals surface area (Å²) in [5, 5.41) is 8.49. The van der Waals surface area contributed by atoms with Gasteiger partial charge in [0, 0.05) is 13.1 Å². The molecule has 2 rings (SSSR count). The molecule has 2 aromatic rings. The number of rotatable bonds is 7. The zero-order valence-corrected chi connectivity index (χ0v) is 12.5. The van der Waals surface area contributed by atoms with Crippen LogP contribution < -0.4 is 16.0 Å². The summed E-state index contributed by atoms with van der Waals surface area (Å²) in [4.78, 5) is 12.0. The van der Waals surface area contributed by atoms with Crippen LogP contribution in [-0.2, 0) is 20.0 Å². The maximum atomic E-state index is 12.0. The lowest BCUT2D eigenvalue weighted by molar-refractivity contribution is 0.309. The molecule has 2 aromatic heterocycles. The first kappa shape index (κ1) is 15.2. The van der Waals surface area contributed by atoms with Gasteiger partial charge in [0.25, 0.3) is 5.56 Å². The van der Waals surface area contributed by atoms with Crippen molar-refractivity contribution in [3.63, 3.8) is 0 Å². The summed E-state index contributed by atoms with van der Waals surface area (Å²) in [5.74, 6) is 0.476. The molecule has 0 aliphatic rings. The van der Waals surface area contributed by atoms with E-state index in [-0.39, 0.29) is 5.56 Å². The van der Waals surface area contributed by atoms with Gasteiger partial charge in [-0.3, -0.25) is 9.48 Å². The van der Waals surface area contributed by atoms with Crippen molar-refractivity contribution in [3.05, 3.63) is 40.1 Å². The van der Waals surface area contributed by atoms with E-state index in [0.717, 1.165) is 24.2 Å². The van der Waals surface area contributed by atoms with Crippen LogP contribution in [0.3, 0.4) is 0 Å². The fraction of sp³-hybridized carbons (Fsp3) is 0.500. The number of nitrogens with zero attached hydrogens (tertiary/aromatic N) is 4. The summed E-state index contributed by atoms with van der Waals surface area (Å²) >= 11 is 0. The zero-order valence-electron chi connectivity index (χ0n) is 12.5. The van der Waals surface area contributed by atoms with E-state index in [2.05, 4.69) is 10.2 Å². The number of aromatic nitrogens is 4. The van der Waals surface area contributed by atoms with Crippen molar-refractivity contribution in [1.29, 1.82) is 0 Å². The third-order valence-corrected chi connectivity index (χ3v) is 3.16. The van der Waals surface area contributed by atoms with E-state index in [0.29, 0.717) is 25.4 Å². The molecule has 2 N–H and O–H groups in total. The molecule has 0 aliphatic carbocycles. The van der Waals surface area contributed by atoms with Gasteiger partial charge in [-0.1, -0.05) is 6.92 Å². The predicted octanol–water partition coefficient (Wildman–Crippen LogP) is 0.315. The minimum absolute atomic E-state index is 0.195. The molecule has 2 heterocycles. The Morgan fingerprint density at radius 1 is 1.38 bits per heavy atom. The monoisotopic (exact) mass is 291 g/mol. The number of hydrogen-bond donors (Lipinski definition) is 1. The van der Waals surface area contributed by atoms with Crippen molar-refractivity contribution in [2.24, 2.45) is 12.8 Å². The molecular weight excluding hydrogens is 270 g/mol. The quantitative estimate of drug-likeness (QED) is 0.742. The lowest BCUT2D eigenvalue weighted by atomic mass is 10.3. The Morgan fingerprint density at radius 2 is 2.19 bits per heavy atom. The van der Waals surface area contributed by atoms with Gasteiger partial charge < -0.3 is 10.5 Å². The van der Waals surface area contributed by atoms with E-state index < -0.39 is 0 Å². The molecule has 0 aliphatic heterocycles. The van der Waals surface area contributed by atoms with Crippen LogP contribution in [0, 0.1) is 0 Å². The molecule has 0 amide bonds. The Balaban J connectivity index is 2.10. The lowest BCUT2D eigenvalue weighted by Crippen LogP contribution is -2.23. The van der Waals surface area contributed by atoms with E-state index in [9.17, 15) is 4.79 Å². The highest BCUT2D eigenvalue weighted by molar-refractivity contribution is 5.15.